The molecule has 0 fully saturated rings. The van der Waals surface area contributed by atoms with E-state index in [1.165, 1.54) is 5.69 Å². The van der Waals surface area contributed by atoms with Crippen molar-refractivity contribution in [2.45, 2.75) is 19.0 Å². The highest BCUT2D eigenvalue weighted by molar-refractivity contribution is 5.48. The predicted molar refractivity (Wildman–Crippen MR) is 104 cm³/mol. The van der Waals surface area contributed by atoms with Gasteiger partial charge in [0.25, 0.3) is 0 Å². The summed E-state index contributed by atoms with van der Waals surface area (Å²) in [7, 11) is 0. The molecule has 0 spiro atoms. The second-order valence-electron chi connectivity index (χ2n) is 6.77. The molecule has 0 saturated carbocycles. The van der Waals surface area contributed by atoms with Crippen LogP contribution in [0.1, 0.15) is 28.7 Å². The molecule has 7 nitrogen and oxygen atoms in total. The topological polar surface area (TPSA) is 83.5 Å². The van der Waals surface area contributed by atoms with Crippen LogP contribution in [0.25, 0.3) is 11.5 Å². The zero-order valence-electron chi connectivity index (χ0n) is 15.2. The fraction of sp³-hybridized carbons (Fsp3) is 0.190. The Kier molecular flexibility index (Phi) is 4.34. The van der Waals surface area contributed by atoms with E-state index in [9.17, 15) is 0 Å². The SMILES string of the molecule is c1ccc(CN2CCc3[nH]cnc3[C@H]2c2cnc(-c3ccccn3)nc2)nc1. The summed E-state index contributed by atoms with van der Waals surface area (Å²) in [6.07, 6.45) is 10.1. The lowest BCUT2D eigenvalue weighted by atomic mass is 9.97. The van der Waals surface area contributed by atoms with Crippen LogP contribution in [-0.2, 0) is 13.0 Å². The Balaban J connectivity index is 1.49. The van der Waals surface area contributed by atoms with Gasteiger partial charge in [0.1, 0.15) is 5.69 Å². The number of aromatic amines is 1. The molecule has 5 heterocycles. The maximum atomic E-state index is 4.60. The van der Waals surface area contributed by atoms with Crippen LogP contribution in [0.15, 0.2) is 67.5 Å². The van der Waals surface area contributed by atoms with E-state index in [-0.39, 0.29) is 6.04 Å². The molecule has 0 saturated heterocycles. The van der Waals surface area contributed by atoms with Gasteiger partial charge in [0.05, 0.1) is 23.8 Å². The van der Waals surface area contributed by atoms with Crippen molar-refractivity contribution in [1.82, 2.24) is 34.8 Å². The van der Waals surface area contributed by atoms with Crippen LogP contribution in [-0.4, -0.2) is 41.3 Å². The van der Waals surface area contributed by atoms with Gasteiger partial charge in [-0.05, 0) is 24.3 Å². The Morgan fingerprint density at radius 2 is 1.75 bits per heavy atom. The quantitative estimate of drug-likeness (QED) is 0.596. The predicted octanol–water partition coefficient (Wildman–Crippen LogP) is 2.80. The van der Waals surface area contributed by atoms with Gasteiger partial charge in [-0.15, -0.1) is 0 Å². The van der Waals surface area contributed by atoms with Crippen molar-refractivity contribution in [2.75, 3.05) is 6.54 Å². The van der Waals surface area contributed by atoms with Crippen molar-refractivity contribution in [1.29, 1.82) is 0 Å². The molecule has 7 heteroatoms. The lowest BCUT2D eigenvalue weighted by molar-refractivity contribution is 0.197. The van der Waals surface area contributed by atoms with E-state index in [1.807, 2.05) is 48.9 Å². The van der Waals surface area contributed by atoms with Crippen molar-refractivity contribution in [3.05, 3.63) is 90.2 Å². The summed E-state index contributed by atoms with van der Waals surface area (Å²) in [6, 6.07) is 11.7. The fourth-order valence-electron chi connectivity index (χ4n) is 3.67. The van der Waals surface area contributed by atoms with Crippen LogP contribution in [0.4, 0.5) is 0 Å². The molecule has 0 unspecified atom stereocenters. The molecule has 1 atom stereocenters. The number of pyridine rings is 2. The number of hydrogen-bond acceptors (Lipinski definition) is 6. The van der Waals surface area contributed by atoms with E-state index in [2.05, 4.69) is 40.9 Å². The first kappa shape index (κ1) is 16.7. The Bertz CT molecular complexity index is 1050. The first-order valence-corrected chi connectivity index (χ1v) is 9.28. The summed E-state index contributed by atoms with van der Waals surface area (Å²) in [5, 5.41) is 0. The molecule has 4 aromatic heterocycles. The van der Waals surface area contributed by atoms with Crippen molar-refractivity contribution < 1.29 is 0 Å². The van der Waals surface area contributed by atoms with E-state index in [0.717, 1.165) is 42.2 Å². The van der Waals surface area contributed by atoms with Crippen LogP contribution in [0.2, 0.25) is 0 Å². The summed E-state index contributed by atoms with van der Waals surface area (Å²) in [5.74, 6) is 0.624. The Morgan fingerprint density at radius 1 is 0.929 bits per heavy atom. The van der Waals surface area contributed by atoms with Gasteiger partial charge in [-0.3, -0.25) is 14.9 Å². The molecule has 0 radical (unpaired) electrons. The molecule has 0 amide bonds. The smallest absolute Gasteiger partial charge is 0.178 e. The second-order valence-corrected chi connectivity index (χ2v) is 6.77. The number of nitrogens with zero attached hydrogens (tertiary/aromatic N) is 6. The normalized spacial score (nSPS) is 16.6. The van der Waals surface area contributed by atoms with E-state index in [0.29, 0.717) is 5.82 Å². The molecule has 1 N–H and O–H groups in total. The third-order valence-corrected chi connectivity index (χ3v) is 5.00. The van der Waals surface area contributed by atoms with Crippen LogP contribution < -0.4 is 0 Å². The van der Waals surface area contributed by atoms with Crippen LogP contribution in [0, 0.1) is 0 Å². The number of fused-ring (bicyclic) bond motifs is 1. The molecule has 1 aliphatic heterocycles. The lowest BCUT2D eigenvalue weighted by Crippen LogP contribution is -2.36. The molecule has 28 heavy (non-hydrogen) atoms. The van der Waals surface area contributed by atoms with Gasteiger partial charge in [0.2, 0.25) is 0 Å². The van der Waals surface area contributed by atoms with Crippen molar-refractivity contribution >= 4 is 0 Å². The molecule has 138 valence electrons. The molecule has 4 aromatic rings. The van der Waals surface area contributed by atoms with Gasteiger partial charge in [0.15, 0.2) is 5.82 Å². The van der Waals surface area contributed by atoms with Crippen molar-refractivity contribution in [3.63, 3.8) is 0 Å². The molecular formula is C21H19N7. The molecule has 0 bridgehead atoms. The number of aromatic nitrogens is 6. The summed E-state index contributed by atoms with van der Waals surface area (Å²) >= 11 is 0. The van der Waals surface area contributed by atoms with E-state index in [4.69, 9.17) is 0 Å². The third kappa shape index (κ3) is 3.16. The minimum absolute atomic E-state index is 0.00483. The second kappa shape index (κ2) is 7.28. The number of rotatable bonds is 4. The highest BCUT2D eigenvalue weighted by atomic mass is 15.2. The van der Waals surface area contributed by atoms with Crippen molar-refractivity contribution in [2.24, 2.45) is 0 Å². The first-order chi connectivity index (χ1) is 13.9. The third-order valence-electron chi connectivity index (χ3n) is 5.00. The number of hydrogen-bond donors (Lipinski definition) is 1. The zero-order chi connectivity index (χ0) is 18.8. The highest BCUT2D eigenvalue weighted by Crippen LogP contribution is 2.33. The molecule has 1 aliphatic rings. The van der Waals surface area contributed by atoms with Gasteiger partial charge in [-0.25, -0.2) is 15.0 Å². The monoisotopic (exact) mass is 369 g/mol. The van der Waals surface area contributed by atoms with Gasteiger partial charge in [-0.1, -0.05) is 12.1 Å². The number of nitrogens with one attached hydrogen (secondary N) is 1. The Labute approximate surface area is 162 Å². The summed E-state index contributed by atoms with van der Waals surface area (Å²) in [6.45, 7) is 1.66. The maximum absolute atomic E-state index is 4.60. The summed E-state index contributed by atoms with van der Waals surface area (Å²) in [5.41, 5.74) is 5.04. The van der Waals surface area contributed by atoms with E-state index < -0.39 is 0 Å². The molecule has 0 aromatic carbocycles. The minimum atomic E-state index is -0.00483. The maximum Gasteiger partial charge on any atom is 0.178 e. The first-order valence-electron chi connectivity index (χ1n) is 9.28. The molecule has 5 rings (SSSR count). The minimum Gasteiger partial charge on any atom is -0.348 e. The van der Waals surface area contributed by atoms with Gasteiger partial charge < -0.3 is 4.98 Å². The number of H-pyrrole nitrogens is 1. The Morgan fingerprint density at radius 3 is 2.50 bits per heavy atom. The average molecular weight is 369 g/mol. The number of imidazole rings is 1. The zero-order valence-corrected chi connectivity index (χ0v) is 15.2. The highest BCUT2D eigenvalue weighted by Gasteiger charge is 2.31. The molecular weight excluding hydrogens is 350 g/mol. The molecule has 0 aliphatic carbocycles. The van der Waals surface area contributed by atoms with Crippen molar-refractivity contribution in [3.8, 4) is 11.5 Å². The van der Waals surface area contributed by atoms with E-state index >= 15 is 0 Å². The van der Waals surface area contributed by atoms with Crippen LogP contribution in [0.3, 0.4) is 0 Å². The Hall–Kier alpha value is -3.45. The van der Waals surface area contributed by atoms with Crippen LogP contribution in [0.5, 0.6) is 0 Å². The standard InChI is InChI=1S/C21H19N7/c1-3-8-22-16(5-1)13-28-10-7-17-19(27-14-26-17)20(28)15-11-24-21(25-12-15)18-6-2-4-9-23-18/h1-6,8-9,11-12,14,20H,7,10,13H2,(H,26,27)/t20-/m1/s1. The van der Waals surface area contributed by atoms with Gasteiger partial charge in [0, 0.05) is 55.6 Å². The summed E-state index contributed by atoms with van der Waals surface area (Å²) < 4.78 is 0. The van der Waals surface area contributed by atoms with Crippen LogP contribution >= 0.6 is 0 Å². The summed E-state index contributed by atoms with van der Waals surface area (Å²) in [4.78, 5) is 28.2. The van der Waals surface area contributed by atoms with E-state index in [1.54, 1.807) is 12.5 Å². The van der Waals surface area contributed by atoms with Gasteiger partial charge in [-0.2, -0.15) is 0 Å². The van der Waals surface area contributed by atoms with Gasteiger partial charge >= 0.3 is 0 Å². The lowest BCUT2D eigenvalue weighted by Gasteiger charge is -2.34. The fourth-order valence-corrected chi connectivity index (χ4v) is 3.67. The largest absolute Gasteiger partial charge is 0.348 e. The average Bonchev–Trinajstić information content (AvgIpc) is 3.24.